The zero-order chi connectivity index (χ0) is 16.4. The Morgan fingerprint density at radius 3 is 2.92 bits per heavy atom. The lowest BCUT2D eigenvalue weighted by atomic mass is 9.97. The number of nitrogens with one attached hydrogen (secondary N) is 1. The van der Waals surface area contributed by atoms with Crippen molar-refractivity contribution in [1.82, 2.24) is 29.6 Å². The number of aromatic amines is 1. The third kappa shape index (κ3) is 3.10. The number of hydrogen-bond donors (Lipinski definition) is 1. The lowest BCUT2D eigenvalue weighted by Crippen LogP contribution is -2.35. The molecule has 1 atom stereocenters. The van der Waals surface area contributed by atoms with Gasteiger partial charge in [-0.1, -0.05) is 30.3 Å². The first kappa shape index (κ1) is 15.1. The quantitative estimate of drug-likeness (QED) is 0.802. The van der Waals surface area contributed by atoms with E-state index in [0.29, 0.717) is 5.92 Å². The molecule has 2 aromatic heterocycles. The fourth-order valence-corrected chi connectivity index (χ4v) is 3.34. The molecule has 6 nitrogen and oxygen atoms in total. The third-order valence-electron chi connectivity index (χ3n) is 4.71. The standard InChI is InChI=1S/C18H22N6/c1-23-11-9-19-16(23)13-24-10-5-8-15(12-24)18-20-17(21-22-18)14-6-3-2-4-7-14/h2-4,6-7,9,11,15H,5,8,10,12-13H2,1H3,(H,20,21,22)/t15-/m0/s1. The molecule has 6 heteroatoms. The monoisotopic (exact) mass is 322 g/mol. The van der Waals surface area contributed by atoms with Gasteiger partial charge in [0.05, 0.1) is 6.54 Å². The average Bonchev–Trinajstić information content (AvgIpc) is 3.26. The van der Waals surface area contributed by atoms with Gasteiger partial charge in [0.15, 0.2) is 5.82 Å². The molecule has 1 aliphatic heterocycles. The van der Waals surface area contributed by atoms with E-state index in [9.17, 15) is 0 Å². The topological polar surface area (TPSA) is 62.6 Å². The smallest absolute Gasteiger partial charge is 0.181 e. The molecule has 0 spiro atoms. The second kappa shape index (κ2) is 6.57. The Bertz CT molecular complexity index is 791. The van der Waals surface area contributed by atoms with Crippen molar-refractivity contribution < 1.29 is 0 Å². The highest BCUT2D eigenvalue weighted by molar-refractivity contribution is 5.53. The van der Waals surface area contributed by atoms with Gasteiger partial charge in [-0.25, -0.2) is 9.97 Å². The maximum absolute atomic E-state index is 4.74. The molecule has 1 aliphatic rings. The zero-order valence-corrected chi connectivity index (χ0v) is 13.9. The second-order valence-corrected chi connectivity index (χ2v) is 6.44. The van der Waals surface area contributed by atoms with Crippen LogP contribution in [-0.2, 0) is 13.6 Å². The molecule has 24 heavy (non-hydrogen) atoms. The van der Waals surface area contributed by atoms with Crippen LogP contribution in [0.5, 0.6) is 0 Å². The Labute approximate surface area is 141 Å². The maximum Gasteiger partial charge on any atom is 0.181 e. The van der Waals surface area contributed by atoms with Crippen LogP contribution in [0.2, 0.25) is 0 Å². The van der Waals surface area contributed by atoms with Gasteiger partial charge in [0, 0.05) is 37.5 Å². The molecule has 0 amide bonds. The molecule has 3 heterocycles. The molecule has 3 aromatic rings. The van der Waals surface area contributed by atoms with Crippen molar-refractivity contribution >= 4 is 0 Å². The van der Waals surface area contributed by atoms with Gasteiger partial charge in [-0.05, 0) is 19.4 Å². The van der Waals surface area contributed by atoms with Gasteiger partial charge in [-0.3, -0.25) is 10.00 Å². The first-order valence-corrected chi connectivity index (χ1v) is 8.46. The highest BCUT2D eigenvalue weighted by Crippen LogP contribution is 2.26. The largest absolute Gasteiger partial charge is 0.337 e. The molecule has 1 N–H and O–H groups in total. The van der Waals surface area contributed by atoms with Gasteiger partial charge in [-0.15, -0.1) is 0 Å². The van der Waals surface area contributed by atoms with Gasteiger partial charge in [0.1, 0.15) is 11.6 Å². The molecule has 0 saturated carbocycles. The van der Waals surface area contributed by atoms with Crippen molar-refractivity contribution in [2.75, 3.05) is 13.1 Å². The molecule has 1 fully saturated rings. The first-order valence-electron chi connectivity index (χ1n) is 8.46. The molecule has 4 rings (SSSR count). The number of H-pyrrole nitrogens is 1. The summed E-state index contributed by atoms with van der Waals surface area (Å²) >= 11 is 0. The van der Waals surface area contributed by atoms with Gasteiger partial charge >= 0.3 is 0 Å². The minimum atomic E-state index is 0.406. The van der Waals surface area contributed by atoms with Crippen molar-refractivity contribution in [2.24, 2.45) is 7.05 Å². The fourth-order valence-electron chi connectivity index (χ4n) is 3.34. The first-order chi connectivity index (χ1) is 11.8. The Kier molecular flexibility index (Phi) is 4.13. The van der Waals surface area contributed by atoms with Crippen LogP contribution >= 0.6 is 0 Å². The third-order valence-corrected chi connectivity index (χ3v) is 4.71. The SMILES string of the molecule is Cn1ccnc1CN1CCC[C@H](c2nc(-c3ccccc3)n[nH]2)C1. The Morgan fingerprint density at radius 1 is 1.25 bits per heavy atom. The number of likely N-dealkylation sites (tertiary alicyclic amines) is 1. The van der Waals surface area contributed by atoms with E-state index in [0.717, 1.165) is 49.1 Å². The van der Waals surface area contributed by atoms with Crippen LogP contribution in [0.4, 0.5) is 0 Å². The Morgan fingerprint density at radius 2 is 2.12 bits per heavy atom. The molecule has 0 radical (unpaired) electrons. The highest BCUT2D eigenvalue weighted by atomic mass is 15.2. The van der Waals surface area contributed by atoms with Gasteiger partial charge in [0.25, 0.3) is 0 Å². The summed E-state index contributed by atoms with van der Waals surface area (Å²) in [5.74, 6) is 3.30. The Hall–Kier alpha value is -2.47. The molecule has 0 aliphatic carbocycles. The van der Waals surface area contributed by atoms with E-state index in [-0.39, 0.29) is 0 Å². The minimum absolute atomic E-state index is 0.406. The fraction of sp³-hybridized carbons (Fsp3) is 0.389. The van der Waals surface area contributed by atoms with Crippen LogP contribution in [0.25, 0.3) is 11.4 Å². The van der Waals surface area contributed by atoms with E-state index < -0.39 is 0 Å². The Balaban J connectivity index is 1.46. The summed E-state index contributed by atoms with van der Waals surface area (Å²) in [5.41, 5.74) is 1.06. The lowest BCUT2D eigenvalue weighted by Gasteiger charge is -2.31. The van der Waals surface area contributed by atoms with E-state index in [4.69, 9.17) is 4.98 Å². The van der Waals surface area contributed by atoms with Gasteiger partial charge in [-0.2, -0.15) is 5.10 Å². The number of piperidine rings is 1. The summed E-state index contributed by atoms with van der Waals surface area (Å²) < 4.78 is 2.09. The summed E-state index contributed by atoms with van der Waals surface area (Å²) in [6.45, 7) is 3.00. The highest BCUT2D eigenvalue weighted by Gasteiger charge is 2.25. The van der Waals surface area contributed by atoms with E-state index in [1.54, 1.807) is 0 Å². The molecule has 0 unspecified atom stereocenters. The molecule has 124 valence electrons. The van der Waals surface area contributed by atoms with Crippen molar-refractivity contribution in [2.45, 2.75) is 25.3 Å². The number of aryl methyl sites for hydroxylation is 1. The number of nitrogens with zero attached hydrogens (tertiary/aromatic N) is 5. The molecular weight excluding hydrogens is 300 g/mol. The number of imidazole rings is 1. The van der Waals surface area contributed by atoms with Crippen molar-refractivity contribution in [1.29, 1.82) is 0 Å². The number of hydrogen-bond acceptors (Lipinski definition) is 4. The molecule has 1 aromatic carbocycles. The normalized spacial score (nSPS) is 18.8. The van der Waals surface area contributed by atoms with Crippen LogP contribution in [0.1, 0.15) is 30.4 Å². The van der Waals surface area contributed by atoms with Gasteiger partial charge in [0.2, 0.25) is 0 Å². The van der Waals surface area contributed by atoms with Crippen molar-refractivity contribution in [3.8, 4) is 11.4 Å². The molecular formula is C18H22N6. The van der Waals surface area contributed by atoms with Crippen LogP contribution < -0.4 is 0 Å². The summed E-state index contributed by atoms with van der Waals surface area (Å²) in [7, 11) is 2.05. The summed E-state index contributed by atoms with van der Waals surface area (Å²) in [4.78, 5) is 11.6. The number of rotatable bonds is 4. The van der Waals surface area contributed by atoms with Crippen molar-refractivity contribution in [3.05, 3.63) is 54.4 Å². The van der Waals surface area contributed by atoms with Crippen molar-refractivity contribution in [3.63, 3.8) is 0 Å². The van der Waals surface area contributed by atoms with E-state index >= 15 is 0 Å². The van der Waals surface area contributed by atoms with E-state index in [1.807, 2.05) is 49.8 Å². The predicted octanol–water partition coefficient (Wildman–Crippen LogP) is 2.58. The summed E-state index contributed by atoms with van der Waals surface area (Å²) in [6.07, 6.45) is 6.19. The minimum Gasteiger partial charge on any atom is -0.337 e. The average molecular weight is 322 g/mol. The van der Waals surface area contributed by atoms with E-state index in [1.165, 1.54) is 6.42 Å². The van der Waals surface area contributed by atoms with Crippen LogP contribution in [0, 0.1) is 0 Å². The zero-order valence-electron chi connectivity index (χ0n) is 13.9. The molecule has 1 saturated heterocycles. The second-order valence-electron chi connectivity index (χ2n) is 6.44. The predicted molar refractivity (Wildman–Crippen MR) is 92.3 cm³/mol. The summed E-state index contributed by atoms with van der Waals surface area (Å²) in [6, 6.07) is 10.1. The maximum atomic E-state index is 4.74. The summed E-state index contributed by atoms with van der Waals surface area (Å²) in [5, 5.41) is 7.56. The van der Waals surface area contributed by atoms with Crippen LogP contribution in [0.3, 0.4) is 0 Å². The lowest BCUT2D eigenvalue weighted by molar-refractivity contribution is 0.191. The number of aromatic nitrogens is 5. The molecule has 0 bridgehead atoms. The van der Waals surface area contributed by atoms with E-state index in [2.05, 4.69) is 24.6 Å². The van der Waals surface area contributed by atoms with Crippen LogP contribution in [-0.4, -0.2) is 42.7 Å². The number of benzene rings is 1. The van der Waals surface area contributed by atoms with Gasteiger partial charge < -0.3 is 4.57 Å². The van der Waals surface area contributed by atoms with Crippen LogP contribution in [0.15, 0.2) is 42.7 Å².